The molecule has 100 valence electrons. The number of aliphatic imine (C=N–C) groups is 1. The fourth-order valence-electron chi connectivity index (χ4n) is 3.13. The second-order valence-corrected chi connectivity index (χ2v) is 5.28. The SMILES string of the molecule is Cc1cc2c(c(C3(N=C=O)CCCC3)c1)OCCO2. The van der Waals surface area contributed by atoms with Crippen LogP contribution in [0.1, 0.15) is 36.8 Å². The smallest absolute Gasteiger partial charge is 0.235 e. The van der Waals surface area contributed by atoms with Crippen LogP contribution in [0, 0.1) is 6.92 Å². The van der Waals surface area contributed by atoms with Crippen molar-refractivity contribution < 1.29 is 14.3 Å². The standard InChI is InChI=1S/C15H17NO3/c1-11-8-12(14-13(9-11)18-6-7-19-14)15(16-10-17)4-2-3-5-15/h8-9H,2-7H2,1H3. The van der Waals surface area contributed by atoms with Crippen molar-refractivity contribution in [2.45, 2.75) is 38.1 Å². The topological polar surface area (TPSA) is 47.9 Å². The van der Waals surface area contributed by atoms with Gasteiger partial charge < -0.3 is 9.47 Å². The molecule has 4 nitrogen and oxygen atoms in total. The minimum absolute atomic E-state index is 0.460. The first-order valence-electron chi connectivity index (χ1n) is 6.75. The zero-order chi connectivity index (χ0) is 13.3. The van der Waals surface area contributed by atoms with Gasteiger partial charge in [-0.05, 0) is 37.5 Å². The summed E-state index contributed by atoms with van der Waals surface area (Å²) in [5.74, 6) is 1.53. The first-order valence-corrected chi connectivity index (χ1v) is 6.75. The van der Waals surface area contributed by atoms with Gasteiger partial charge in [-0.3, -0.25) is 0 Å². The molecule has 19 heavy (non-hydrogen) atoms. The van der Waals surface area contributed by atoms with E-state index in [1.54, 1.807) is 6.08 Å². The van der Waals surface area contributed by atoms with Crippen molar-refractivity contribution in [3.05, 3.63) is 23.3 Å². The maximum Gasteiger partial charge on any atom is 0.235 e. The van der Waals surface area contributed by atoms with Crippen molar-refractivity contribution in [3.8, 4) is 11.5 Å². The predicted molar refractivity (Wildman–Crippen MR) is 70.4 cm³/mol. The zero-order valence-corrected chi connectivity index (χ0v) is 11.1. The number of rotatable bonds is 2. The number of aryl methyl sites for hydroxylation is 1. The molecule has 1 aliphatic heterocycles. The number of ether oxygens (including phenoxy) is 2. The average Bonchev–Trinajstić information content (AvgIpc) is 2.88. The molecule has 1 aromatic carbocycles. The van der Waals surface area contributed by atoms with Gasteiger partial charge in [0.2, 0.25) is 6.08 Å². The molecule has 0 bridgehead atoms. The fraction of sp³-hybridized carbons (Fsp3) is 0.533. The summed E-state index contributed by atoms with van der Waals surface area (Å²) in [5.41, 5.74) is 1.63. The van der Waals surface area contributed by atoms with Gasteiger partial charge in [0.05, 0.1) is 0 Å². The monoisotopic (exact) mass is 259 g/mol. The van der Waals surface area contributed by atoms with Gasteiger partial charge in [-0.1, -0.05) is 12.8 Å². The van der Waals surface area contributed by atoms with Crippen molar-refractivity contribution in [1.29, 1.82) is 0 Å². The number of hydrogen-bond acceptors (Lipinski definition) is 4. The molecule has 0 N–H and O–H groups in total. The Hall–Kier alpha value is -1.80. The van der Waals surface area contributed by atoms with E-state index in [1.807, 2.05) is 13.0 Å². The molecular weight excluding hydrogens is 242 g/mol. The van der Waals surface area contributed by atoms with Gasteiger partial charge in [0, 0.05) is 5.56 Å². The van der Waals surface area contributed by atoms with Crippen LogP contribution in [0.5, 0.6) is 11.5 Å². The van der Waals surface area contributed by atoms with E-state index in [9.17, 15) is 4.79 Å². The van der Waals surface area contributed by atoms with E-state index in [4.69, 9.17) is 9.47 Å². The first-order chi connectivity index (χ1) is 9.25. The highest BCUT2D eigenvalue weighted by atomic mass is 16.6. The molecule has 0 aromatic heterocycles. The number of nitrogens with zero attached hydrogens (tertiary/aromatic N) is 1. The Labute approximate surface area is 112 Å². The maximum absolute atomic E-state index is 10.8. The summed E-state index contributed by atoms with van der Waals surface area (Å²) in [6.45, 7) is 3.14. The van der Waals surface area contributed by atoms with Gasteiger partial charge in [0.15, 0.2) is 11.5 Å². The van der Waals surface area contributed by atoms with Crippen LogP contribution in [0.15, 0.2) is 17.1 Å². The average molecular weight is 259 g/mol. The molecule has 1 saturated carbocycles. The molecule has 3 rings (SSSR count). The van der Waals surface area contributed by atoms with E-state index >= 15 is 0 Å². The van der Waals surface area contributed by atoms with Crippen LogP contribution in [0.3, 0.4) is 0 Å². The maximum atomic E-state index is 10.8. The molecule has 1 aromatic rings. The van der Waals surface area contributed by atoms with Crippen LogP contribution in [-0.2, 0) is 10.3 Å². The van der Waals surface area contributed by atoms with Crippen molar-refractivity contribution in [3.63, 3.8) is 0 Å². The summed E-state index contributed by atoms with van der Waals surface area (Å²) in [6, 6.07) is 4.05. The Bertz CT molecular complexity index is 541. The molecule has 2 aliphatic rings. The second kappa shape index (κ2) is 4.71. The van der Waals surface area contributed by atoms with E-state index in [2.05, 4.69) is 11.1 Å². The Balaban J connectivity index is 2.17. The van der Waals surface area contributed by atoms with Gasteiger partial charge in [0.1, 0.15) is 18.8 Å². The van der Waals surface area contributed by atoms with E-state index in [1.165, 1.54) is 0 Å². The summed E-state index contributed by atoms with van der Waals surface area (Å²) in [6.07, 6.45) is 5.66. The molecular formula is C15H17NO3. The Morgan fingerprint density at radius 2 is 1.95 bits per heavy atom. The molecule has 0 atom stereocenters. The lowest BCUT2D eigenvalue weighted by atomic mass is 9.86. The van der Waals surface area contributed by atoms with Crippen LogP contribution in [0.4, 0.5) is 0 Å². The lowest BCUT2D eigenvalue weighted by Gasteiger charge is -2.29. The minimum Gasteiger partial charge on any atom is -0.486 e. The zero-order valence-electron chi connectivity index (χ0n) is 11.1. The summed E-state index contributed by atoms with van der Waals surface area (Å²) in [7, 11) is 0. The third-order valence-electron chi connectivity index (χ3n) is 3.98. The van der Waals surface area contributed by atoms with Gasteiger partial charge in [-0.15, -0.1) is 0 Å². The van der Waals surface area contributed by atoms with E-state index in [0.717, 1.165) is 48.3 Å². The van der Waals surface area contributed by atoms with Crippen molar-refractivity contribution >= 4 is 6.08 Å². The largest absolute Gasteiger partial charge is 0.486 e. The molecule has 1 fully saturated rings. The molecule has 0 radical (unpaired) electrons. The molecule has 0 spiro atoms. The third-order valence-corrected chi connectivity index (χ3v) is 3.98. The van der Waals surface area contributed by atoms with Crippen molar-refractivity contribution in [1.82, 2.24) is 0 Å². The second-order valence-electron chi connectivity index (χ2n) is 5.28. The Morgan fingerprint density at radius 1 is 1.21 bits per heavy atom. The van der Waals surface area contributed by atoms with Crippen LogP contribution in [-0.4, -0.2) is 19.3 Å². The molecule has 1 heterocycles. The van der Waals surface area contributed by atoms with Crippen LogP contribution < -0.4 is 9.47 Å². The number of hydrogen-bond donors (Lipinski definition) is 0. The van der Waals surface area contributed by atoms with Gasteiger partial charge in [0.25, 0.3) is 0 Å². The van der Waals surface area contributed by atoms with Crippen LogP contribution >= 0.6 is 0 Å². The van der Waals surface area contributed by atoms with Gasteiger partial charge in [-0.25, -0.2) is 4.79 Å². The number of isocyanates is 1. The predicted octanol–water partition coefficient (Wildman–Crippen LogP) is 2.87. The quantitative estimate of drug-likeness (QED) is 0.606. The highest BCUT2D eigenvalue weighted by Gasteiger charge is 2.39. The number of carbonyl (C=O) groups excluding carboxylic acids is 1. The highest BCUT2D eigenvalue weighted by molar-refractivity contribution is 5.54. The molecule has 0 amide bonds. The lowest BCUT2D eigenvalue weighted by Crippen LogP contribution is -2.24. The van der Waals surface area contributed by atoms with E-state index in [0.29, 0.717) is 13.2 Å². The first kappa shape index (κ1) is 12.2. The summed E-state index contributed by atoms with van der Waals surface area (Å²) in [5, 5.41) is 0. The van der Waals surface area contributed by atoms with Crippen LogP contribution in [0.25, 0.3) is 0 Å². The highest BCUT2D eigenvalue weighted by Crippen LogP contribution is 2.49. The molecule has 0 unspecified atom stereocenters. The molecule has 1 aliphatic carbocycles. The summed E-state index contributed by atoms with van der Waals surface area (Å²) in [4.78, 5) is 15.0. The minimum atomic E-state index is -0.460. The van der Waals surface area contributed by atoms with Gasteiger partial charge >= 0.3 is 0 Å². The third kappa shape index (κ3) is 2.02. The Morgan fingerprint density at radius 3 is 2.68 bits per heavy atom. The fourth-order valence-corrected chi connectivity index (χ4v) is 3.13. The summed E-state index contributed by atoms with van der Waals surface area (Å²) >= 11 is 0. The van der Waals surface area contributed by atoms with Crippen molar-refractivity contribution in [2.75, 3.05) is 13.2 Å². The number of benzene rings is 1. The van der Waals surface area contributed by atoms with Crippen LogP contribution in [0.2, 0.25) is 0 Å². The lowest BCUT2D eigenvalue weighted by molar-refractivity contribution is 0.166. The van der Waals surface area contributed by atoms with E-state index < -0.39 is 5.54 Å². The number of fused-ring (bicyclic) bond motifs is 1. The summed E-state index contributed by atoms with van der Waals surface area (Å²) < 4.78 is 11.4. The molecule has 0 saturated heterocycles. The van der Waals surface area contributed by atoms with Crippen molar-refractivity contribution in [2.24, 2.45) is 4.99 Å². The normalized spacial score (nSPS) is 19.8. The molecule has 4 heteroatoms. The van der Waals surface area contributed by atoms with Gasteiger partial charge in [-0.2, -0.15) is 4.99 Å². The Kier molecular flexibility index (Phi) is 3.03. The van der Waals surface area contributed by atoms with E-state index in [-0.39, 0.29) is 0 Å².